The smallest absolute Gasteiger partial charge is 0.0298 e. The molecule has 1 aliphatic carbocycles. The predicted molar refractivity (Wildman–Crippen MR) is 55.0 cm³/mol. The summed E-state index contributed by atoms with van der Waals surface area (Å²) >= 11 is 0. The van der Waals surface area contributed by atoms with Crippen LogP contribution in [0.4, 0.5) is 0 Å². The second-order valence-corrected chi connectivity index (χ2v) is 4.41. The van der Waals surface area contributed by atoms with Crippen LogP contribution in [-0.4, -0.2) is 0 Å². The highest BCUT2D eigenvalue weighted by molar-refractivity contribution is 4.82. The van der Waals surface area contributed by atoms with Gasteiger partial charge in [-0.3, -0.25) is 0 Å². The van der Waals surface area contributed by atoms with Gasteiger partial charge in [-0.05, 0) is 31.1 Å². The molecule has 0 aliphatic heterocycles. The molecule has 1 saturated carbocycles. The van der Waals surface area contributed by atoms with Gasteiger partial charge in [-0.1, -0.05) is 46.0 Å². The lowest BCUT2D eigenvalue weighted by molar-refractivity contribution is 0.157. The van der Waals surface area contributed by atoms with Crippen molar-refractivity contribution in [2.45, 2.75) is 64.7 Å². The molecule has 0 nitrogen and oxygen atoms in total. The van der Waals surface area contributed by atoms with Gasteiger partial charge in [-0.25, -0.2) is 0 Å². The van der Waals surface area contributed by atoms with Gasteiger partial charge in [0, 0.05) is 0 Å². The number of rotatable bonds is 4. The van der Waals surface area contributed by atoms with Crippen molar-refractivity contribution in [3.05, 3.63) is 6.92 Å². The molecule has 0 aromatic rings. The molecule has 0 atom stereocenters. The maximum absolute atomic E-state index is 4.01. The summed E-state index contributed by atoms with van der Waals surface area (Å²) in [5.74, 6) is 0. The van der Waals surface area contributed by atoms with Crippen molar-refractivity contribution in [1.29, 1.82) is 0 Å². The summed E-state index contributed by atoms with van der Waals surface area (Å²) in [6.07, 6.45) is 12.7. The van der Waals surface area contributed by atoms with E-state index in [-0.39, 0.29) is 0 Å². The number of hydrogen-bond donors (Lipinski definition) is 0. The Morgan fingerprint density at radius 3 is 2.25 bits per heavy atom. The highest BCUT2D eigenvalue weighted by Gasteiger charge is 2.29. The first-order chi connectivity index (χ1) is 5.83. The van der Waals surface area contributed by atoms with E-state index in [9.17, 15) is 0 Å². The monoisotopic (exact) mass is 167 g/mol. The molecule has 0 unspecified atom stereocenters. The summed E-state index contributed by atoms with van der Waals surface area (Å²) in [5, 5.41) is 0. The van der Waals surface area contributed by atoms with Crippen molar-refractivity contribution in [3.8, 4) is 0 Å². The van der Waals surface area contributed by atoms with Crippen LogP contribution in [0.5, 0.6) is 0 Å². The van der Waals surface area contributed by atoms with Crippen molar-refractivity contribution in [2.75, 3.05) is 0 Å². The summed E-state index contributed by atoms with van der Waals surface area (Å²) in [6, 6.07) is 0. The lowest BCUT2D eigenvalue weighted by atomic mass is 9.69. The molecule has 71 valence electrons. The van der Waals surface area contributed by atoms with Gasteiger partial charge in [0.2, 0.25) is 0 Å². The normalized spacial score (nSPS) is 22.5. The molecule has 1 radical (unpaired) electrons. The first-order valence-electron chi connectivity index (χ1n) is 5.62. The molecule has 0 N–H and O–H groups in total. The highest BCUT2D eigenvalue weighted by atomic mass is 14.3. The molecule has 0 saturated heterocycles. The van der Waals surface area contributed by atoms with Crippen LogP contribution in [0.3, 0.4) is 0 Å². The fourth-order valence-electron chi connectivity index (χ4n) is 2.83. The lowest BCUT2D eigenvalue weighted by Gasteiger charge is -2.37. The Hall–Kier alpha value is 0. The molecule has 0 aromatic heterocycles. The molecule has 0 aromatic carbocycles. The van der Waals surface area contributed by atoms with E-state index in [2.05, 4.69) is 13.8 Å². The fourth-order valence-corrected chi connectivity index (χ4v) is 2.83. The van der Waals surface area contributed by atoms with E-state index < -0.39 is 0 Å². The van der Waals surface area contributed by atoms with Crippen LogP contribution in [0.25, 0.3) is 0 Å². The first kappa shape index (κ1) is 10.1. The summed E-state index contributed by atoms with van der Waals surface area (Å²) in [5.41, 5.74) is 0.717. The molecule has 0 heteroatoms. The maximum atomic E-state index is 4.01. The third-order valence-corrected chi connectivity index (χ3v) is 3.40. The molecular weight excluding hydrogens is 144 g/mol. The largest absolute Gasteiger partial charge is 0.0654 e. The molecule has 0 amide bonds. The second kappa shape index (κ2) is 4.89. The average molecular weight is 167 g/mol. The minimum Gasteiger partial charge on any atom is -0.0654 e. The Labute approximate surface area is 77.7 Å². The third-order valence-electron chi connectivity index (χ3n) is 3.40. The zero-order valence-electron chi connectivity index (χ0n) is 8.57. The maximum Gasteiger partial charge on any atom is -0.0298 e. The topological polar surface area (TPSA) is 0 Å². The van der Waals surface area contributed by atoms with Gasteiger partial charge in [0.15, 0.2) is 0 Å². The quantitative estimate of drug-likeness (QED) is 0.584. The molecule has 12 heavy (non-hydrogen) atoms. The van der Waals surface area contributed by atoms with Crippen molar-refractivity contribution in [1.82, 2.24) is 0 Å². The average Bonchev–Trinajstić information content (AvgIpc) is 2.07. The van der Waals surface area contributed by atoms with E-state index in [0.29, 0.717) is 0 Å². The van der Waals surface area contributed by atoms with E-state index in [1.807, 2.05) is 0 Å². The van der Waals surface area contributed by atoms with E-state index in [4.69, 9.17) is 0 Å². The van der Waals surface area contributed by atoms with Gasteiger partial charge in [0.25, 0.3) is 0 Å². The lowest BCUT2D eigenvalue weighted by Crippen LogP contribution is -2.23. The van der Waals surface area contributed by atoms with Crippen molar-refractivity contribution in [2.24, 2.45) is 5.41 Å². The van der Waals surface area contributed by atoms with Gasteiger partial charge in [-0.2, -0.15) is 0 Å². The van der Waals surface area contributed by atoms with Gasteiger partial charge in [0.05, 0.1) is 0 Å². The van der Waals surface area contributed by atoms with Crippen LogP contribution >= 0.6 is 0 Å². The van der Waals surface area contributed by atoms with E-state index in [1.54, 1.807) is 0 Å². The van der Waals surface area contributed by atoms with Crippen LogP contribution in [-0.2, 0) is 0 Å². The van der Waals surface area contributed by atoms with Gasteiger partial charge < -0.3 is 0 Å². The molecule has 0 spiro atoms. The minimum atomic E-state index is 0.717. The van der Waals surface area contributed by atoms with Crippen LogP contribution in [0.15, 0.2) is 0 Å². The van der Waals surface area contributed by atoms with Crippen LogP contribution in [0, 0.1) is 12.3 Å². The van der Waals surface area contributed by atoms with Crippen molar-refractivity contribution < 1.29 is 0 Å². The molecule has 0 bridgehead atoms. The molecule has 1 fully saturated rings. The molecule has 0 heterocycles. The van der Waals surface area contributed by atoms with Crippen LogP contribution in [0.2, 0.25) is 0 Å². The predicted octanol–water partition coefficient (Wildman–Crippen LogP) is 4.35. The summed E-state index contributed by atoms with van der Waals surface area (Å²) in [4.78, 5) is 0. The van der Waals surface area contributed by atoms with Crippen molar-refractivity contribution in [3.63, 3.8) is 0 Å². The minimum absolute atomic E-state index is 0.717. The van der Waals surface area contributed by atoms with Gasteiger partial charge in [0.1, 0.15) is 0 Å². The zero-order valence-corrected chi connectivity index (χ0v) is 8.57. The van der Waals surface area contributed by atoms with Crippen LogP contribution in [0.1, 0.15) is 64.7 Å². The van der Waals surface area contributed by atoms with Gasteiger partial charge in [-0.15, -0.1) is 0 Å². The molecule has 1 rings (SSSR count). The van der Waals surface area contributed by atoms with Crippen molar-refractivity contribution >= 4 is 0 Å². The van der Waals surface area contributed by atoms with E-state index >= 15 is 0 Å². The summed E-state index contributed by atoms with van der Waals surface area (Å²) in [6.45, 7) is 6.33. The Bertz CT molecular complexity index is 93.7. The molecular formula is C12H23. The fraction of sp³-hybridized carbons (Fsp3) is 0.917. The first-order valence-corrected chi connectivity index (χ1v) is 5.62. The van der Waals surface area contributed by atoms with Crippen LogP contribution < -0.4 is 0 Å². The van der Waals surface area contributed by atoms with E-state index in [0.717, 1.165) is 11.8 Å². The Balaban J connectivity index is 2.44. The summed E-state index contributed by atoms with van der Waals surface area (Å²) < 4.78 is 0. The zero-order chi connectivity index (χ0) is 8.86. The highest BCUT2D eigenvalue weighted by Crippen LogP contribution is 2.43. The standard InChI is InChI=1S/C12H23/c1-3-8-12(9-4-2)10-6-5-7-11-12/h1,3-11H2,2H3. The second-order valence-electron chi connectivity index (χ2n) is 4.41. The summed E-state index contributed by atoms with van der Waals surface area (Å²) in [7, 11) is 0. The van der Waals surface area contributed by atoms with Gasteiger partial charge >= 0.3 is 0 Å². The third kappa shape index (κ3) is 2.50. The SMILES string of the molecule is [CH2]CCC1(CCC)CCCCC1. The Morgan fingerprint density at radius 1 is 1.08 bits per heavy atom. The van der Waals surface area contributed by atoms with E-state index in [1.165, 1.54) is 51.4 Å². The Kier molecular flexibility index (Phi) is 4.11. The number of hydrogen-bond acceptors (Lipinski definition) is 0. The molecule has 1 aliphatic rings. The Morgan fingerprint density at radius 2 is 1.75 bits per heavy atom.